The lowest BCUT2D eigenvalue weighted by Crippen LogP contribution is -2.09. The second kappa shape index (κ2) is 6.26. The molecule has 0 aliphatic rings. The van der Waals surface area contributed by atoms with Gasteiger partial charge in [-0.05, 0) is 29.7 Å². The second-order valence-corrected chi connectivity index (χ2v) is 4.82. The number of nitrogens with zero attached hydrogens (tertiary/aromatic N) is 1. The van der Waals surface area contributed by atoms with Crippen molar-refractivity contribution in [2.24, 2.45) is 0 Å². The average Bonchev–Trinajstić information content (AvgIpc) is 2.46. The number of pyridine rings is 1. The van der Waals surface area contributed by atoms with Crippen LogP contribution < -0.4 is 0 Å². The zero-order valence-corrected chi connectivity index (χ0v) is 11.6. The van der Waals surface area contributed by atoms with Gasteiger partial charge < -0.3 is 5.11 Å². The third kappa shape index (κ3) is 3.82. The number of alkyl halides is 3. The van der Waals surface area contributed by atoms with E-state index in [9.17, 15) is 18.3 Å². The Morgan fingerprint density at radius 1 is 1.19 bits per heavy atom. The predicted octanol–water partition coefficient (Wildman–Crippen LogP) is 3.94. The molecule has 112 valence electrons. The van der Waals surface area contributed by atoms with E-state index < -0.39 is 17.8 Å². The summed E-state index contributed by atoms with van der Waals surface area (Å²) in [5.41, 5.74) is 1.16. The molecule has 0 saturated carbocycles. The van der Waals surface area contributed by atoms with E-state index >= 15 is 0 Å². The van der Waals surface area contributed by atoms with Gasteiger partial charge in [0.25, 0.3) is 0 Å². The van der Waals surface area contributed by atoms with E-state index in [-0.39, 0.29) is 6.42 Å². The van der Waals surface area contributed by atoms with Crippen molar-refractivity contribution in [1.82, 2.24) is 4.98 Å². The highest BCUT2D eigenvalue weighted by Gasteiger charge is 2.30. The maximum absolute atomic E-state index is 12.7. The zero-order valence-electron chi connectivity index (χ0n) is 11.6. The van der Waals surface area contributed by atoms with Gasteiger partial charge >= 0.3 is 6.18 Å². The molecule has 0 bridgehead atoms. The molecule has 21 heavy (non-hydrogen) atoms. The van der Waals surface area contributed by atoms with Crippen molar-refractivity contribution in [3.05, 3.63) is 65.0 Å². The highest BCUT2D eigenvalue weighted by atomic mass is 19.4. The maximum atomic E-state index is 12.7. The molecule has 0 saturated heterocycles. The van der Waals surface area contributed by atoms with E-state index in [1.165, 1.54) is 6.07 Å². The number of halogens is 3. The fourth-order valence-corrected chi connectivity index (χ4v) is 2.24. The van der Waals surface area contributed by atoms with Crippen LogP contribution in [0.15, 0.2) is 42.6 Å². The third-order valence-corrected chi connectivity index (χ3v) is 3.31. The van der Waals surface area contributed by atoms with Crippen LogP contribution in [0.1, 0.15) is 35.4 Å². The molecule has 0 fully saturated rings. The van der Waals surface area contributed by atoms with Gasteiger partial charge in [0, 0.05) is 12.6 Å². The summed E-state index contributed by atoms with van der Waals surface area (Å²) in [7, 11) is 0. The van der Waals surface area contributed by atoms with Gasteiger partial charge in [-0.15, -0.1) is 0 Å². The van der Waals surface area contributed by atoms with Crippen molar-refractivity contribution >= 4 is 0 Å². The van der Waals surface area contributed by atoms with E-state index in [4.69, 9.17) is 0 Å². The van der Waals surface area contributed by atoms with Gasteiger partial charge in [0.15, 0.2) is 0 Å². The third-order valence-electron chi connectivity index (χ3n) is 3.31. The van der Waals surface area contributed by atoms with E-state index in [1.54, 1.807) is 18.3 Å². The van der Waals surface area contributed by atoms with Gasteiger partial charge in [-0.3, -0.25) is 4.98 Å². The summed E-state index contributed by atoms with van der Waals surface area (Å²) in [5.74, 6) is 0. The Balaban J connectivity index is 2.22. The first-order valence-electron chi connectivity index (χ1n) is 6.69. The fourth-order valence-electron chi connectivity index (χ4n) is 2.24. The number of benzene rings is 1. The molecule has 0 amide bonds. The summed E-state index contributed by atoms with van der Waals surface area (Å²) < 4.78 is 38.0. The number of aliphatic hydroxyl groups is 1. The lowest BCUT2D eigenvalue weighted by molar-refractivity contribution is -0.137. The molecule has 2 nitrogen and oxygen atoms in total. The lowest BCUT2D eigenvalue weighted by Gasteiger charge is -2.15. The number of aryl methyl sites for hydroxylation is 1. The summed E-state index contributed by atoms with van der Waals surface area (Å²) in [6, 6.07) is 8.65. The molecular weight excluding hydrogens is 279 g/mol. The molecule has 0 aliphatic heterocycles. The molecule has 1 atom stereocenters. The maximum Gasteiger partial charge on any atom is 0.416 e. The summed E-state index contributed by atoms with van der Waals surface area (Å²) in [6.07, 6.45) is -2.90. The van der Waals surface area contributed by atoms with Crippen LogP contribution in [0.5, 0.6) is 0 Å². The Kier molecular flexibility index (Phi) is 4.63. The molecule has 2 rings (SSSR count). The highest BCUT2D eigenvalue weighted by Crippen LogP contribution is 2.30. The van der Waals surface area contributed by atoms with Crippen molar-refractivity contribution in [3.63, 3.8) is 0 Å². The molecule has 0 spiro atoms. The van der Waals surface area contributed by atoms with Crippen molar-refractivity contribution in [3.8, 4) is 0 Å². The molecule has 1 heterocycles. The summed E-state index contributed by atoms with van der Waals surface area (Å²) in [4.78, 5) is 4.14. The standard InChI is InChI=1S/C16H16F3NO/c1-2-12-6-4-8-20-15(12)14(21)10-11-5-3-7-13(9-11)16(17,18)19/h3-9,14,21H,2,10H2,1H3. The normalized spacial score (nSPS) is 13.2. The smallest absolute Gasteiger partial charge is 0.386 e. The van der Waals surface area contributed by atoms with Crippen LogP contribution in [0.4, 0.5) is 13.2 Å². The van der Waals surface area contributed by atoms with Crippen molar-refractivity contribution in [2.75, 3.05) is 0 Å². The Morgan fingerprint density at radius 2 is 1.95 bits per heavy atom. The average molecular weight is 295 g/mol. The monoisotopic (exact) mass is 295 g/mol. The van der Waals surface area contributed by atoms with E-state index in [0.717, 1.165) is 17.7 Å². The number of hydrogen-bond acceptors (Lipinski definition) is 2. The molecular formula is C16H16F3NO. The molecule has 1 aromatic carbocycles. The van der Waals surface area contributed by atoms with Crippen LogP contribution >= 0.6 is 0 Å². The first-order valence-corrected chi connectivity index (χ1v) is 6.69. The van der Waals surface area contributed by atoms with Crippen molar-refractivity contribution in [2.45, 2.75) is 32.0 Å². The molecule has 0 aliphatic carbocycles. The van der Waals surface area contributed by atoms with Gasteiger partial charge in [-0.25, -0.2) is 0 Å². The number of aromatic nitrogens is 1. The zero-order chi connectivity index (χ0) is 15.5. The Hall–Kier alpha value is -1.88. The van der Waals surface area contributed by atoms with Crippen LogP contribution in [-0.2, 0) is 19.0 Å². The van der Waals surface area contributed by atoms with Gasteiger partial charge in [0.1, 0.15) is 6.10 Å². The van der Waals surface area contributed by atoms with Crippen molar-refractivity contribution < 1.29 is 18.3 Å². The first kappa shape index (κ1) is 15.5. The molecule has 5 heteroatoms. The minimum atomic E-state index is -4.37. The van der Waals surface area contributed by atoms with Crippen LogP contribution in [0.2, 0.25) is 0 Å². The SMILES string of the molecule is CCc1cccnc1C(O)Cc1cccc(C(F)(F)F)c1. The number of rotatable bonds is 4. The second-order valence-electron chi connectivity index (χ2n) is 4.82. The van der Waals surface area contributed by atoms with Gasteiger partial charge in [0.05, 0.1) is 11.3 Å². The first-order chi connectivity index (χ1) is 9.91. The number of aliphatic hydroxyl groups excluding tert-OH is 1. The van der Waals surface area contributed by atoms with Gasteiger partial charge in [0.2, 0.25) is 0 Å². The van der Waals surface area contributed by atoms with Crippen LogP contribution in [0.3, 0.4) is 0 Å². The van der Waals surface area contributed by atoms with Crippen LogP contribution in [0, 0.1) is 0 Å². The minimum absolute atomic E-state index is 0.105. The Labute approximate surface area is 121 Å². The van der Waals surface area contributed by atoms with Crippen LogP contribution in [-0.4, -0.2) is 10.1 Å². The van der Waals surface area contributed by atoms with E-state index in [1.807, 2.05) is 13.0 Å². The van der Waals surface area contributed by atoms with E-state index in [0.29, 0.717) is 17.7 Å². The fraction of sp³-hybridized carbons (Fsp3) is 0.312. The van der Waals surface area contributed by atoms with Gasteiger partial charge in [-0.2, -0.15) is 13.2 Å². The topological polar surface area (TPSA) is 33.1 Å². The van der Waals surface area contributed by atoms with E-state index in [2.05, 4.69) is 4.98 Å². The lowest BCUT2D eigenvalue weighted by atomic mass is 9.99. The number of hydrogen-bond donors (Lipinski definition) is 1. The molecule has 1 aromatic heterocycles. The quantitative estimate of drug-likeness (QED) is 0.926. The minimum Gasteiger partial charge on any atom is -0.386 e. The molecule has 1 N–H and O–H groups in total. The highest BCUT2D eigenvalue weighted by molar-refractivity contribution is 5.28. The molecule has 1 unspecified atom stereocenters. The molecule has 0 radical (unpaired) electrons. The summed E-state index contributed by atoms with van der Waals surface area (Å²) in [5, 5.41) is 10.2. The van der Waals surface area contributed by atoms with Gasteiger partial charge in [-0.1, -0.05) is 31.2 Å². The summed E-state index contributed by atoms with van der Waals surface area (Å²) in [6.45, 7) is 1.94. The Bertz CT molecular complexity index is 610. The largest absolute Gasteiger partial charge is 0.416 e. The Morgan fingerprint density at radius 3 is 2.62 bits per heavy atom. The van der Waals surface area contributed by atoms with Crippen molar-refractivity contribution in [1.29, 1.82) is 0 Å². The predicted molar refractivity (Wildman–Crippen MR) is 73.7 cm³/mol. The van der Waals surface area contributed by atoms with Crippen LogP contribution in [0.25, 0.3) is 0 Å². The molecule has 2 aromatic rings. The summed E-state index contributed by atoms with van der Waals surface area (Å²) >= 11 is 0.